The molecule has 0 aromatic carbocycles. The van der Waals surface area contributed by atoms with Gasteiger partial charge in [-0.3, -0.25) is 0 Å². The van der Waals surface area contributed by atoms with Gasteiger partial charge in [0.15, 0.2) is 0 Å². The van der Waals surface area contributed by atoms with Crippen LogP contribution >= 0.6 is 11.6 Å². The van der Waals surface area contributed by atoms with E-state index in [2.05, 4.69) is 4.98 Å². The molecule has 0 N–H and O–H groups in total. The topological polar surface area (TPSA) is 22.1 Å². The molecule has 11 heavy (non-hydrogen) atoms. The number of aromatic nitrogens is 1. The number of nitrogens with zero attached hydrogens (tertiary/aromatic N) is 1. The summed E-state index contributed by atoms with van der Waals surface area (Å²) in [7, 11) is 0. The first-order valence-electron chi connectivity index (χ1n) is 3.55. The molecule has 0 atom stereocenters. The third kappa shape index (κ3) is 1.37. The molecule has 0 saturated carbocycles. The Labute approximate surface area is 70.2 Å². The van der Waals surface area contributed by atoms with Crippen molar-refractivity contribution in [3.63, 3.8) is 0 Å². The Kier molecular flexibility index (Phi) is 1.80. The van der Waals surface area contributed by atoms with E-state index in [4.69, 9.17) is 16.3 Å². The van der Waals surface area contributed by atoms with Gasteiger partial charge in [-0.2, -0.15) is 0 Å². The first-order chi connectivity index (χ1) is 5.36. The zero-order valence-corrected chi connectivity index (χ0v) is 6.71. The number of hydrogen-bond acceptors (Lipinski definition) is 2. The van der Waals surface area contributed by atoms with E-state index in [1.165, 1.54) is 5.56 Å². The zero-order valence-electron chi connectivity index (χ0n) is 5.96. The highest BCUT2D eigenvalue weighted by Gasteiger charge is 2.20. The third-order valence-corrected chi connectivity index (χ3v) is 2.08. The van der Waals surface area contributed by atoms with Gasteiger partial charge in [0.2, 0.25) is 0 Å². The lowest BCUT2D eigenvalue weighted by Crippen LogP contribution is -2.25. The summed E-state index contributed by atoms with van der Waals surface area (Å²) in [5.41, 5.74) is 1.22. The van der Waals surface area contributed by atoms with Gasteiger partial charge in [-0.1, -0.05) is 17.7 Å². The molecule has 58 valence electrons. The number of pyridine rings is 1. The highest BCUT2D eigenvalue weighted by atomic mass is 35.5. The van der Waals surface area contributed by atoms with E-state index in [9.17, 15) is 0 Å². The van der Waals surface area contributed by atoms with Gasteiger partial charge in [0.1, 0.15) is 5.15 Å². The number of rotatable bonds is 1. The predicted octanol–water partition coefficient (Wildman–Crippen LogP) is 1.85. The maximum absolute atomic E-state index is 5.64. The van der Waals surface area contributed by atoms with Gasteiger partial charge in [-0.05, 0) is 11.6 Å². The normalized spacial score (nSPS) is 17.9. The van der Waals surface area contributed by atoms with Gasteiger partial charge in [0.05, 0.1) is 13.2 Å². The van der Waals surface area contributed by atoms with Gasteiger partial charge in [-0.15, -0.1) is 0 Å². The van der Waals surface area contributed by atoms with Crippen LogP contribution < -0.4 is 0 Å². The van der Waals surface area contributed by atoms with Crippen LogP contribution in [0.25, 0.3) is 0 Å². The van der Waals surface area contributed by atoms with Crippen LogP contribution in [0.1, 0.15) is 11.5 Å². The predicted molar refractivity (Wildman–Crippen MR) is 42.8 cm³/mol. The summed E-state index contributed by atoms with van der Waals surface area (Å²) in [6.07, 6.45) is 1.82. The first kappa shape index (κ1) is 7.07. The molecule has 0 spiro atoms. The molecule has 0 bridgehead atoms. The van der Waals surface area contributed by atoms with Gasteiger partial charge in [0, 0.05) is 12.1 Å². The molecule has 1 aromatic rings. The third-order valence-electron chi connectivity index (χ3n) is 1.86. The second-order valence-corrected chi connectivity index (χ2v) is 3.04. The molecule has 0 radical (unpaired) electrons. The van der Waals surface area contributed by atoms with Crippen LogP contribution in [0.4, 0.5) is 0 Å². The minimum absolute atomic E-state index is 0.541. The van der Waals surface area contributed by atoms with Crippen molar-refractivity contribution >= 4 is 11.6 Å². The molecule has 1 aliphatic heterocycles. The molecule has 0 amide bonds. The van der Waals surface area contributed by atoms with Crippen molar-refractivity contribution in [2.24, 2.45) is 0 Å². The molecule has 0 unspecified atom stereocenters. The Morgan fingerprint density at radius 1 is 1.45 bits per heavy atom. The quantitative estimate of drug-likeness (QED) is 0.599. The lowest BCUT2D eigenvalue weighted by molar-refractivity contribution is 0.00829. The molecule has 2 rings (SSSR count). The van der Waals surface area contributed by atoms with E-state index < -0.39 is 0 Å². The molecule has 2 heterocycles. The van der Waals surface area contributed by atoms with Crippen molar-refractivity contribution in [2.75, 3.05) is 13.2 Å². The van der Waals surface area contributed by atoms with Gasteiger partial charge >= 0.3 is 0 Å². The highest BCUT2D eigenvalue weighted by molar-refractivity contribution is 6.29. The smallest absolute Gasteiger partial charge is 0.129 e. The van der Waals surface area contributed by atoms with Crippen molar-refractivity contribution in [3.05, 3.63) is 29.0 Å². The summed E-state index contributed by atoms with van der Waals surface area (Å²) in [6.45, 7) is 1.65. The summed E-state index contributed by atoms with van der Waals surface area (Å²) in [6, 6.07) is 3.82. The van der Waals surface area contributed by atoms with Crippen LogP contribution in [-0.4, -0.2) is 18.2 Å². The fourth-order valence-corrected chi connectivity index (χ4v) is 1.17. The Morgan fingerprint density at radius 3 is 2.73 bits per heavy atom. The van der Waals surface area contributed by atoms with Crippen LogP contribution in [-0.2, 0) is 4.74 Å². The molecule has 3 heteroatoms. The van der Waals surface area contributed by atoms with Crippen molar-refractivity contribution < 1.29 is 4.74 Å². The fourth-order valence-electron chi connectivity index (χ4n) is 1.06. The number of halogens is 1. The minimum atomic E-state index is 0.541. The zero-order chi connectivity index (χ0) is 7.68. The van der Waals surface area contributed by atoms with Gasteiger partial charge in [0.25, 0.3) is 0 Å². The SMILES string of the molecule is Clc1ccc(C2COC2)cn1. The Hall–Kier alpha value is -0.600. The first-order valence-corrected chi connectivity index (χ1v) is 3.93. The van der Waals surface area contributed by atoms with E-state index in [-0.39, 0.29) is 0 Å². The van der Waals surface area contributed by atoms with Crippen molar-refractivity contribution in [2.45, 2.75) is 5.92 Å². The molecule has 0 aliphatic carbocycles. The molecule has 1 aliphatic rings. The molecular weight excluding hydrogens is 162 g/mol. The summed E-state index contributed by atoms with van der Waals surface area (Å²) < 4.78 is 5.06. The van der Waals surface area contributed by atoms with Crippen molar-refractivity contribution in [1.82, 2.24) is 4.98 Å². The second-order valence-electron chi connectivity index (χ2n) is 2.65. The molecule has 1 fully saturated rings. The highest BCUT2D eigenvalue weighted by Crippen LogP contribution is 2.23. The maximum Gasteiger partial charge on any atom is 0.129 e. The van der Waals surface area contributed by atoms with E-state index in [1.54, 1.807) is 0 Å². The van der Waals surface area contributed by atoms with Crippen LogP contribution in [0.15, 0.2) is 18.3 Å². The average Bonchev–Trinajstić information content (AvgIpc) is 1.90. The Balaban J connectivity index is 2.18. The van der Waals surface area contributed by atoms with Crippen molar-refractivity contribution in [1.29, 1.82) is 0 Å². The van der Waals surface area contributed by atoms with E-state index in [0.29, 0.717) is 11.1 Å². The van der Waals surface area contributed by atoms with Crippen LogP contribution in [0.3, 0.4) is 0 Å². The lowest BCUT2D eigenvalue weighted by atomic mass is 10.00. The number of hydrogen-bond donors (Lipinski definition) is 0. The Morgan fingerprint density at radius 2 is 2.27 bits per heavy atom. The minimum Gasteiger partial charge on any atom is -0.380 e. The average molecular weight is 170 g/mol. The monoisotopic (exact) mass is 169 g/mol. The Bertz CT molecular complexity index is 243. The number of ether oxygens (including phenoxy) is 1. The molecule has 2 nitrogen and oxygen atoms in total. The standard InChI is InChI=1S/C8H8ClNO/c9-8-2-1-6(3-10-8)7-4-11-5-7/h1-3,7H,4-5H2. The van der Waals surface area contributed by atoms with E-state index >= 15 is 0 Å². The van der Waals surface area contributed by atoms with Crippen LogP contribution in [0.5, 0.6) is 0 Å². The van der Waals surface area contributed by atoms with Crippen LogP contribution in [0, 0.1) is 0 Å². The molecule has 1 saturated heterocycles. The van der Waals surface area contributed by atoms with Crippen molar-refractivity contribution in [3.8, 4) is 0 Å². The van der Waals surface area contributed by atoms with E-state index in [0.717, 1.165) is 13.2 Å². The summed E-state index contributed by atoms with van der Waals surface area (Å²) in [4.78, 5) is 3.99. The van der Waals surface area contributed by atoms with Gasteiger partial charge < -0.3 is 4.74 Å². The van der Waals surface area contributed by atoms with Gasteiger partial charge in [-0.25, -0.2) is 4.98 Å². The summed E-state index contributed by atoms with van der Waals surface area (Å²) >= 11 is 5.64. The van der Waals surface area contributed by atoms with E-state index in [1.807, 2.05) is 18.3 Å². The summed E-state index contributed by atoms with van der Waals surface area (Å²) in [5, 5.41) is 0.550. The summed E-state index contributed by atoms with van der Waals surface area (Å²) in [5.74, 6) is 0.541. The molecule has 1 aromatic heterocycles. The fraction of sp³-hybridized carbons (Fsp3) is 0.375. The molecular formula is C8H8ClNO. The maximum atomic E-state index is 5.64. The largest absolute Gasteiger partial charge is 0.380 e. The van der Waals surface area contributed by atoms with Crippen LogP contribution in [0.2, 0.25) is 5.15 Å². The lowest BCUT2D eigenvalue weighted by Gasteiger charge is -2.25. The second kappa shape index (κ2) is 2.80.